The number of hydrogen-bond acceptors (Lipinski definition) is 4. The lowest BCUT2D eigenvalue weighted by Gasteiger charge is -2.04. The van der Waals surface area contributed by atoms with Gasteiger partial charge in [0.25, 0.3) is 5.56 Å². The van der Waals surface area contributed by atoms with Gasteiger partial charge in [0.15, 0.2) is 5.16 Å². The molecule has 0 bridgehead atoms. The zero-order valence-corrected chi connectivity index (χ0v) is 13.1. The third-order valence-corrected chi connectivity index (χ3v) is 4.15. The zero-order chi connectivity index (χ0) is 13.8. The number of aryl methyl sites for hydroxylation is 2. The summed E-state index contributed by atoms with van der Waals surface area (Å²) in [4.78, 5) is 23.0. The Morgan fingerprint density at radius 1 is 1.42 bits per heavy atom. The summed E-state index contributed by atoms with van der Waals surface area (Å²) < 4.78 is 0.970. The number of H-pyrrole nitrogens is 1. The van der Waals surface area contributed by atoms with E-state index in [4.69, 9.17) is 0 Å². The van der Waals surface area contributed by atoms with E-state index in [-0.39, 0.29) is 5.56 Å². The molecule has 0 spiro atoms. The number of hydrogen-bond donors (Lipinski definition) is 1. The zero-order valence-electron chi connectivity index (χ0n) is 10.7. The Hall–Kier alpha value is -1.14. The van der Waals surface area contributed by atoms with Crippen molar-refractivity contribution in [3.63, 3.8) is 0 Å². The number of pyridine rings is 1. The van der Waals surface area contributed by atoms with Gasteiger partial charge in [0.1, 0.15) is 5.03 Å². The van der Waals surface area contributed by atoms with Crippen molar-refractivity contribution in [2.75, 3.05) is 0 Å². The molecule has 100 valence electrons. The van der Waals surface area contributed by atoms with Gasteiger partial charge in [0.2, 0.25) is 0 Å². The molecule has 2 rings (SSSR count). The summed E-state index contributed by atoms with van der Waals surface area (Å²) in [5.74, 6) is 0. The third-order valence-electron chi connectivity index (χ3n) is 2.50. The summed E-state index contributed by atoms with van der Waals surface area (Å²) in [6, 6.07) is 3.51. The fraction of sp³-hybridized carbons (Fsp3) is 0.308. The summed E-state index contributed by atoms with van der Waals surface area (Å²) in [7, 11) is 0. The van der Waals surface area contributed by atoms with Gasteiger partial charge in [-0.2, -0.15) is 0 Å². The average molecular weight is 340 g/mol. The molecule has 0 radical (unpaired) electrons. The lowest BCUT2D eigenvalue weighted by molar-refractivity contribution is 0.815. The number of rotatable bonds is 4. The lowest BCUT2D eigenvalue weighted by atomic mass is 10.2. The van der Waals surface area contributed by atoms with E-state index in [1.807, 2.05) is 13.0 Å². The lowest BCUT2D eigenvalue weighted by Crippen LogP contribution is -2.09. The van der Waals surface area contributed by atoms with Gasteiger partial charge < -0.3 is 4.98 Å². The largest absolute Gasteiger partial charge is 0.301 e. The van der Waals surface area contributed by atoms with Gasteiger partial charge >= 0.3 is 0 Å². The summed E-state index contributed by atoms with van der Waals surface area (Å²) in [5, 5.41) is 1.41. The van der Waals surface area contributed by atoms with Crippen LogP contribution in [-0.4, -0.2) is 15.0 Å². The van der Waals surface area contributed by atoms with Crippen LogP contribution in [0.1, 0.15) is 24.6 Å². The van der Waals surface area contributed by atoms with E-state index in [1.54, 1.807) is 12.3 Å². The Morgan fingerprint density at radius 2 is 2.21 bits per heavy atom. The summed E-state index contributed by atoms with van der Waals surface area (Å²) >= 11 is 4.78. The van der Waals surface area contributed by atoms with Crippen molar-refractivity contribution in [2.45, 2.75) is 36.9 Å². The average Bonchev–Trinajstić information content (AvgIpc) is 2.33. The molecular weight excluding hydrogens is 326 g/mol. The van der Waals surface area contributed by atoms with Crippen molar-refractivity contribution in [2.24, 2.45) is 0 Å². The van der Waals surface area contributed by atoms with E-state index in [0.29, 0.717) is 5.16 Å². The summed E-state index contributed by atoms with van der Waals surface area (Å²) in [6.07, 6.45) is 3.53. The van der Waals surface area contributed by atoms with Gasteiger partial charge in [0.05, 0.1) is 0 Å². The first kappa shape index (κ1) is 14.3. The van der Waals surface area contributed by atoms with E-state index in [2.05, 4.69) is 37.8 Å². The quantitative estimate of drug-likeness (QED) is 0.868. The van der Waals surface area contributed by atoms with Crippen molar-refractivity contribution in [3.05, 3.63) is 44.4 Å². The van der Waals surface area contributed by atoms with Crippen molar-refractivity contribution >= 4 is 27.7 Å². The minimum atomic E-state index is -0.116. The van der Waals surface area contributed by atoms with Crippen LogP contribution in [0, 0.1) is 6.92 Å². The Balaban J connectivity index is 2.27. The van der Waals surface area contributed by atoms with Crippen LogP contribution in [0.25, 0.3) is 0 Å². The highest BCUT2D eigenvalue weighted by Gasteiger charge is 2.06. The van der Waals surface area contributed by atoms with Crippen molar-refractivity contribution in [1.29, 1.82) is 0 Å². The van der Waals surface area contributed by atoms with Crippen LogP contribution in [0.4, 0.5) is 0 Å². The van der Waals surface area contributed by atoms with Crippen molar-refractivity contribution < 1.29 is 0 Å². The van der Waals surface area contributed by atoms with Crippen LogP contribution in [0.5, 0.6) is 0 Å². The molecular formula is C13H14BrN3OS. The molecule has 0 saturated heterocycles. The second kappa shape index (κ2) is 6.34. The topological polar surface area (TPSA) is 58.6 Å². The normalized spacial score (nSPS) is 10.7. The highest BCUT2D eigenvalue weighted by Crippen LogP contribution is 2.25. The van der Waals surface area contributed by atoms with E-state index in [9.17, 15) is 4.79 Å². The number of halogens is 1. The molecule has 0 fully saturated rings. The van der Waals surface area contributed by atoms with E-state index >= 15 is 0 Å². The maximum Gasteiger partial charge on any atom is 0.251 e. The van der Waals surface area contributed by atoms with Crippen molar-refractivity contribution in [1.82, 2.24) is 15.0 Å². The first-order valence-electron chi connectivity index (χ1n) is 5.98. The number of nitrogens with one attached hydrogen (secondary N) is 1. The molecule has 19 heavy (non-hydrogen) atoms. The van der Waals surface area contributed by atoms with Crippen LogP contribution in [0.2, 0.25) is 0 Å². The van der Waals surface area contributed by atoms with Crippen molar-refractivity contribution in [3.8, 4) is 0 Å². The van der Waals surface area contributed by atoms with Crippen LogP contribution in [0.3, 0.4) is 0 Å². The van der Waals surface area contributed by atoms with Gasteiger partial charge in [-0.15, -0.1) is 0 Å². The van der Waals surface area contributed by atoms with E-state index in [1.165, 1.54) is 11.8 Å². The summed E-state index contributed by atoms with van der Waals surface area (Å²) in [6.45, 7) is 4.06. The van der Waals surface area contributed by atoms with Gasteiger partial charge in [-0.25, -0.2) is 9.97 Å². The fourth-order valence-electron chi connectivity index (χ4n) is 1.58. The molecule has 0 aliphatic heterocycles. The first-order chi connectivity index (χ1) is 9.08. The second-order valence-corrected chi connectivity index (χ2v) is 6.03. The van der Waals surface area contributed by atoms with Gasteiger partial charge in [0, 0.05) is 22.4 Å². The molecule has 1 N–H and O–H groups in total. The molecule has 2 heterocycles. The SMILES string of the molecule is CCCc1cc(=O)[nH]c(Sc2cc(C)c(Br)cn2)n1. The molecule has 2 aromatic rings. The Labute approximate surface area is 124 Å². The van der Waals surface area contributed by atoms with Crippen LogP contribution in [-0.2, 0) is 6.42 Å². The van der Waals surface area contributed by atoms with E-state index < -0.39 is 0 Å². The second-order valence-electron chi connectivity index (χ2n) is 4.17. The van der Waals surface area contributed by atoms with E-state index in [0.717, 1.165) is 33.6 Å². The van der Waals surface area contributed by atoms with Crippen LogP contribution >= 0.6 is 27.7 Å². The standard InChI is InChI=1S/C13H14BrN3OS/c1-3-4-9-6-11(18)17-13(16-9)19-12-5-8(2)10(14)7-15-12/h5-7H,3-4H2,1-2H3,(H,16,17,18). The molecule has 0 atom stereocenters. The fourth-order valence-corrected chi connectivity index (χ4v) is 2.65. The molecule has 0 saturated carbocycles. The number of nitrogens with zero attached hydrogens (tertiary/aromatic N) is 2. The minimum absolute atomic E-state index is 0.116. The molecule has 0 aromatic carbocycles. The highest BCUT2D eigenvalue weighted by atomic mass is 79.9. The molecule has 0 aliphatic rings. The smallest absolute Gasteiger partial charge is 0.251 e. The maximum atomic E-state index is 11.6. The molecule has 4 nitrogen and oxygen atoms in total. The van der Waals surface area contributed by atoms with Gasteiger partial charge in [-0.05, 0) is 52.7 Å². The minimum Gasteiger partial charge on any atom is -0.301 e. The maximum absolute atomic E-state index is 11.6. The number of aromatic amines is 1. The first-order valence-corrected chi connectivity index (χ1v) is 7.59. The monoisotopic (exact) mass is 339 g/mol. The molecule has 0 amide bonds. The van der Waals surface area contributed by atoms with Gasteiger partial charge in [-0.1, -0.05) is 13.3 Å². The van der Waals surface area contributed by atoms with Gasteiger partial charge in [-0.3, -0.25) is 4.79 Å². The molecule has 0 unspecified atom stereocenters. The number of aromatic nitrogens is 3. The third kappa shape index (κ3) is 3.91. The Bertz CT molecular complexity index is 642. The molecule has 0 aliphatic carbocycles. The summed E-state index contributed by atoms with van der Waals surface area (Å²) in [5.41, 5.74) is 1.81. The van der Waals surface area contributed by atoms with Crippen LogP contribution < -0.4 is 5.56 Å². The molecule has 6 heteroatoms. The Morgan fingerprint density at radius 3 is 2.89 bits per heavy atom. The predicted molar refractivity (Wildman–Crippen MR) is 79.6 cm³/mol. The highest BCUT2D eigenvalue weighted by molar-refractivity contribution is 9.10. The molecule has 2 aromatic heterocycles. The van der Waals surface area contributed by atoms with Crippen LogP contribution in [0.15, 0.2) is 37.8 Å². The Kier molecular flexibility index (Phi) is 4.76. The predicted octanol–water partition coefficient (Wildman–Crippen LogP) is 3.34.